The zero-order valence-corrected chi connectivity index (χ0v) is 8.69. The minimum absolute atomic E-state index is 0.470. The minimum atomic E-state index is 0.470. The number of alkyl halides is 1. The number of nitrogens with zero attached hydrogens (tertiary/aromatic N) is 2. The smallest absolute Gasteiger partial charge is 0.237 e. The van der Waals surface area contributed by atoms with Gasteiger partial charge < -0.3 is 4.74 Å². The summed E-state index contributed by atoms with van der Waals surface area (Å²) in [5.41, 5.74) is 1.01. The number of hydrogen-bond donors (Lipinski definition) is 0. The highest BCUT2D eigenvalue weighted by atomic mass is 35.5. The van der Waals surface area contributed by atoms with Crippen LogP contribution in [0.15, 0.2) is 42.9 Å². The summed E-state index contributed by atoms with van der Waals surface area (Å²) < 4.78 is 5.49. The molecule has 76 valence electrons. The van der Waals surface area contributed by atoms with Crippen LogP contribution in [0.25, 0.3) is 0 Å². The normalized spacial score (nSPS) is 9.93. The van der Waals surface area contributed by atoms with E-state index in [9.17, 15) is 0 Å². The van der Waals surface area contributed by atoms with Gasteiger partial charge >= 0.3 is 0 Å². The van der Waals surface area contributed by atoms with Gasteiger partial charge in [0.15, 0.2) is 0 Å². The lowest BCUT2D eigenvalue weighted by Crippen LogP contribution is -1.88. The summed E-state index contributed by atoms with van der Waals surface area (Å²) in [4.78, 5) is 7.92. The van der Waals surface area contributed by atoms with E-state index in [0.29, 0.717) is 17.5 Å². The average molecular weight is 221 g/mol. The minimum Gasteiger partial charge on any atom is -0.437 e. The molecule has 0 unspecified atom stereocenters. The van der Waals surface area contributed by atoms with E-state index in [2.05, 4.69) is 9.97 Å². The standard InChI is InChI=1S/C11H9ClN2O/c12-7-9-2-1-3-10(6-9)15-11-8-13-4-5-14-11/h1-6,8H,7H2. The Hall–Kier alpha value is -1.61. The molecule has 0 radical (unpaired) electrons. The molecule has 0 amide bonds. The molecule has 3 nitrogen and oxygen atoms in total. The van der Waals surface area contributed by atoms with Crippen LogP contribution < -0.4 is 4.74 Å². The summed E-state index contributed by atoms with van der Waals surface area (Å²) in [6.45, 7) is 0. The second kappa shape index (κ2) is 4.75. The monoisotopic (exact) mass is 220 g/mol. The fraction of sp³-hybridized carbons (Fsp3) is 0.0909. The van der Waals surface area contributed by atoms with E-state index in [1.165, 1.54) is 0 Å². The lowest BCUT2D eigenvalue weighted by Gasteiger charge is -2.04. The zero-order chi connectivity index (χ0) is 10.5. The molecule has 0 aliphatic rings. The van der Waals surface area contributed by atoms with Gasteiger partial charge in [0.25, 0.3) is 0 Å². The number of halogens is 1. The van der Waals surface area contributed by atoms with Gasteiger partial charge in [-0.25, -0.2) is 4.98 Å². The van der Waals surface area contributed by atoms with Gasteiger partial charge in [0, 0.05) is 18.3 Å². The summed E-state index contributed by atoms with van der Waals surface area (Å²) in [6.07, 6.45) is 4.75. The van der Waals surface area contributed by atoms with E-state index >= 15 is 0 Å². The lowest BCUT2D eigenvalue weighted by molar-refractivity contribution is 0.459. The second-order valence-electron chi connectivity index (χ2n) is 2.93. The molecule has 0 aliphatic heterocycles. The maximum atomic E-state index is 5.72. The summed E-state index contributed by atoms with van der Waals surface area (Å²) in [6, 6.07) is 7.56. The predicted octanol–water partition coefficient (Wildman–Crippen LogP) is 3.01. The first-order chi connectivity index (χ1) is 7.38. The summed E-state index contributed by atoms with van der Waals surface area (Å²) in [7, 11) is 0. The lowest BCUT2D eigenvalue weighted by atomic mass is 10.2. The molecule has 0 spiro atoms. The van der Waals surface area contributed by atoms with Gasteiger partial charge in [0.2, 0.25) is 5.88 Å². The summed E-state index contributed by atoms with van der Waals surface area (Å²) >= 11 is 5.72. The Bertz CT molecular complexity index is 434. The maximum Gasteiger partial charge on any atom is 0.237 e. The Labute approximate surface area is 92.7 Å². The summed E-state index contributed by atoms with van der Waals surface area (Å²) in [5, 5.41) is 0. The van der Waals surface area contributed by atoms with E-state index < -0.39 is 0 Å². The van der Waals surface area contributed by atoms with Crippen LogP contribution in [-0.2, 0) is 5.88 Å². The highest BCUT2D eigenvalue weighted by molar-refractivity contribution is 6.17. The molecule has 0 atom stereocenters. The molecular formula is C11H9ClN2O. The fourth-order valence-electron chi connectivity index (χ4n) is 1.15. The average Bonchev–Trinajstić information content (AvgIpc) is 2.31. The molecule has 15 heavy (non-hydrogen) atoms. The molecule has 1 heterocycles. The molecule has 0 bridgehead atoms. The van der Waals surface area contributed by atoms with E-state index in [0.717, 1.165) is 5.56 Å². The Kier molecular flexibility index (Phi) is 3.15. The van der Waals surface area contributed by atoms with Crippen LogP contribution >= 0.6 is 11.6 Å². The van der Waals surface area contributed by atoms with Crippen molar-refractivity contribution in [2.75, 3.05) is 0 Å². The zero-order valence-electron chi connectivity index (χ0n) is 7.93. The number of benzene rings is 1. The first kappa shape index (κ1) is 9.93. The van der Waals surface area contributed by atoms with Crippen LogP contribution in [0.4, 0.5) is 0 Å². The highest BCUT2D eigenvalue weighted by Gasteiger charge is 1.98. The van der Waals surface area contributed by atoms with Gasteiger partial charge in [-0.05, 0) is 17.7 Å². The van der Waals surface area contributed by atoms with Crippen LogP contribution in [0.2, 0.25) is 0 Å². The van der Waals surface area contributed by atoms with Crippen molar-refractivity contribution in [3.05, 3.63) is 48.4 Å². The molecule has 0 saturated carbocycles. The van der Waals surface area contributed by atoms with Crippen LogP contribution in [0.3, 0.4) is 0 Å². The first-order valence-electron chi connectivity index (χ1n) is 4.47. The second-order valence-corrected chi connectivity index (χ2v) is 3.19. The Morgan fingerprint density at radius 2 is 2.20 bits per heavy atom. The Morgan fingerprint density at radius 3 is 2.93 bits per heavy atom. The van der Waals surface area contributed by atoms with Gasteiger partial charge in [0.05, 0.1) is 6.20 Å². The molecule has 0 saturated heterocycles. The third-order valence-corrected chi connectivity index (χ3v) is 2.12. The molecule has 0 N–H and O–H groups in total. The van der Waals surface area contributed by atoms with E-state index in [4.69, 9.17) is 16.3 Å². The third kappa shape index (κ3) is 2.67. The van der Waals surface area contributed by atoms with Gasteiger partial charge in [-0.1, -0.05) is 12.1 Å². The quantitative estimate of drug-likeness (QED) is 0.746. The van der Waals surface area contributed by atoms with Crippen molar-refractivity contribution in [2.24, 2.45) is 0 Å². The van der Waals surface area contributed by atoms with E-state index in [1.807, 2.05) is 24.3 Å². The maximum absolute atomic E-state index is 5.72. The highest BCUT2D eigenvalue weighted by Crippen LogP contribution is 2.19. The fourth-order valence-corrected chi connectivity index (χ4v) is 1.32. The molecule has 2 aromatic rings. The van der Waals surface area contributed by atoms with Crippen LogP contribution in [0, 0.1) is 0 Å². The number of hydrogen-bond acceptors (Lipinski definition) is 3. The SMILES string of the molecule is ClCc1cccc(Oc2cnccn2)c1. The molecule has 0 aliphatic carbocycles. The molecule has 1 aromatic carbocycles. The van der Waals surface area contributed by atoms with Crippen molar-refractivity contribution in [3.63, 3.8) is 0 Å². The van der Waals surface area contributed by atoms with Gasteiger partial charge in [-0.2, -0.15) is 0 Å². The predicted molar refractivity (Wildman–Crippen MR) is 58.1 cm³/mol. The number of ether oxygens (including phenoxy) is 1. The van der Waals surface area contributed by atoms with Gasteiger partial charge in [-0.3, -0.25) is 4.98 Å². The molecule has 4 heteroatoms. The largest absolute Gasteiger partial charge is 0.437 e. The number of rotatable bonds is 3. The van der Waals surface area contributed by atoms with Crippen molar-refractivity contribution in [1.82, 2.24) is 9.97 Å². The topological polar surface area (TPSA) is 35.0 Å². The molecule has 1 aromatic heterocycles. The Morgan fingerprint density at radius 1 is 1.27 bits per heavy atom. The van der Waals surface area contributed by atoms with Crippen molar-refractivity contribution in [1.29, 1.82) is 0 Å². The van der Waals surface area contributed by atoms with Gasteiger partial charge in [0.1, 0.15) is 5.75 Å². The van der Waals surface area contributed by atoms with Crippen molar-refractivity contribution >= 4 is 11.6 Å². The van der Waals surface area contributed by atoms with Crippen LogP contribution in [0.1, 0.15) is 5.56 Å². The molecular weight excluding hydrogens is 212 g/mol. The Balaban J connectivity index is 2.17. The van der Waals surface area contributed by atoms with Crippen molar-refractivity contribution < 1.29 is 4.74 Å². The van der Waals surface area contributed by atoms with E-state index in [-0.39, 0.29) is 0 Å². The number of aromatic nitrogens is 2. The molecule has 0 fully saturated rings. The third-order valence-electron chi connectivity index (χ3n) is 1.81. The van der Waals surface area contributed by atoms with Crippen molar-refractivity contribution in [2.45, 2.75) is 5.88 Å². The van der Waals surface area contributed by atoms with E-state index in [1.54, 1.807) is 18.6 Å². The van der Waals surface area contributed by atoms with Gasteiger partial charge in [-0.15, -0.1) is 11.6 Å². The molecule has 2 rings (SSSR count). The van der Waals surface area contributed by atoms with Crippen LogP contribution in [0.5, 0.6) is 11.6 Å². The first-order valence-corrected chi connectivity index (χ1v) is 5.01. The summed E-state index contributed by atoms with van der Waals surface area (Å²) in [5.74, 6) is 1.66. The van der Waals surface area contributed by atoms with Crippen molar-refractivity contribution in [3.8, 4) is 11.6 Å². The van der Waals surface area contributed by atoms with Crippen LogP contribution in [-0.4, -0.2) is 9.97 Å².